The number of hydrogen-bond donors (Lipinski definition) is 5. The molecule has 10 atom stereocenters. The van der Waals surface area contributed by atoms with E-state index >= 15 is 0 Å². The van der Waals surface area contributed by atoms with Crippen LogP contribution in [0, 0.1) is 111 Å². The molecule has 6 rings (SSSR count). The summed E-state index contributed by atoms with van der Waals surface area (Å²) in [4.78, 5) is 40.8. The molecule has 2 heterocycles. The van der Waals surface area contributed by atoms with Crippen molar-refractivity contribution in [2.75, 3.05) is 6.61 Å². The number of esters is 1. The van der Waals surface area contributed by atoms with Crippen molar-refractivity contribution in [1.82, 2.24) is 5.32 Å². The molecule has 0 spiro atoms. The van der Waals surface area contributed by atoms with E-state index in [0.29, 0.717) is 24.0 Å². The Labute approximate surface area is 351 Å². The Balaban J connectivity index is 0.00000260. The Morgan fingerprint density at radius 3 is 2.31 bits per heavy atom. The molecule has 2 radical (unpaired) electrons. The number of rotatable bonds is 6. The number of fused-ring (bicyclic) bond motifs is 5. The van der Waals surface area contributed by atoms with Crippen LogP contribution >= 0.6 is 0 Å². The fraction of sp³-hybridized carbons (Fsp3) is 0.571. The van der Waals surface area contributed by atoms with Gasteiger partial charge in [-0.15, -0.1) is 0 Å². The van der Waals surface area contributed by atoms with E-state index in [1.54, 1.807) is 65.0 Å². The maximum absolute atomic E-state index is 14.2. The fourth-order valence-electron chi connectivity index (χ4n) is 9.12. The fourth-order valence-corrected chi connectivity index (χ4v) is 9.12. The molecule has 1 aromatic carbocycles. The molecule has 3 aliphatic carbocycles. The van der Waals surface area contributed by atoms with Crippen LogP contribution < -0.4 is 5.32 Å². The molecule has 1 amide bonds. The molecular weight excluding hydrogens is 1050 g/mol. The van der Waals surface area contributed by atoms with Crippen molar-refractivity contribution in [1.29, 1.82) is 0 Å². The zero-order valence-electron chi connectivity index (χ0n) is 27.9. The number of carbonyl (C=O) groups is 3. The van der Waals surface area contributed by atoms with E-state index in [1.807, 2.05) is 0 Å². The quantitative estimate of drug-likeness (QED) is 0.214. The molecule has 254 valence electrons. The predicted octanol–water partition coefficient (Wildman–Crippen LogP) is 2.63. The van der Waals surface area contributed by atoms with Gasteiger partial charge in [-0.2, -0.15) is 0 Å². The summed E-state index contributed by atoms with van der Waals surface area (Å²) in [6, 6.07) is 10.2. The zero-order valence-corrected chi connectivity index (χ0v) is 37.4. The van der Waals surface area contributed by atoms with E-state index < -0.39 is 82.0 Å². The molecule has 1 aromatic heterocycles. The first kappa shape index (κ1) is 40.3. The number of benzene rings is 1. The first-order chi connectivity index (χ1) is 21.6. The SMILES string of the molecule is CC1=C2C(O)C(=O)[C@]3(C)CCC4OCC4(O)C3C(C)C(O)(CC1OC(=O)C(O)C(NC(=O)c1ccco1)c1ccccc1)C2(C)C.[Ac].[Ac]. The molecule has 1 saturated heterocycles. The largest absolute Gasteiger partial charge is 0.459 e. The third-order valence-corrected chi connectivity index (χ3v) is 11.7. The second-order valence-corrected chi connectivity index (χ2v) is 14.3. The van der Waals surface area contributed by atoms with Crippen LogP contribution in [0.15, 0.2) is 64.3 Å². The molecule has 48 heavy (non-hydrogen) atoms. The van der Waals surface area contributed by atoms with Crippen LogP contribution in [0.3, 0.4) is 0 Å². The van der Waals surface area contributed by atoms with Crippen LogP contribution in [-0.4, -0.2) is 80.3 Å². The molecular formula is C35H43Ac2NO10. The Kier molecular flexibility index (Phi) is 12.2. The van der Waals surface area contributed by atoms with Crippen molar-refractivity contribution >= 4 is 17.7 Å². The number of Topliss-reactive ketones (excluding diaryl/α,β-unsaturated/α-hetero) is 1. The summed E-state index contributed by atoms with van der Waals surface area (Å²) in [5, 5.41) is 50.4. The van der Waals surface area contributed by atoms with Crippen molar-refractivity contribution in [2.24, 2.45) is 22.7 Å². The van der Waals surface area contributed by atoms with Gasteiger partial charge >= 0.3 is 5.97 Å². The Hall–Kier alpha value is -0.467. The molecule has 4 aliphatic rings. The summed E-state index contributed by atoms with van der Waals surface area (Å²) in [7, 11) is 0. The maximum atomic E-state index is 14.2. The van der Waals surface area contributed by atoms with Gasteiger partial charge in [-0.1, -0.05) is 58.0 Å². The Morgan fingerprint density at radius 1 is 1.06 bits per heavy atom. The van der Waals surface area contributed by atoms with E-state index in [4.69, 9.17) is 13.9 Å². The van der Waals surface area contributed by atoms with Crippen molar-refractivity contribution < 1.29 is 137 Å². The maximum Gasteiger partial charge on any atom is 0.338 e. The minimum absolute atomic E-state index is 0. The summed E-state index contributed by atoms with van der Waals surface area (Å²) < 4.78 is 16.8. The topological polar surface area (TPSA) is 176 Å². The standard InChI is InChI=1S/C35H43NO10.2Ac/c1-18-22(46-31(41)27(38)25(20-10-7-6-8-11-20)36-30(40)21-12-9-15-44-21)16-35(43)19(2)28-33(5,14-13-23-34(28,42)17-45-23)29(39)26(37)24(18)32(35,3)4;;/h6-12,15,19,22-23,25-28,37-38,42-43H,13-14,16-17H2,1-5H3,(H,36,40);;/t19?,22?,23?,25?,26?,27?,28?,33-,34?,35?;;/m1../s1. The molecule has 2 aromatic rings. The minimum atomic E-state index is -1.87. The molecule has 9 unspecified atom stereocenters. The normalized spacial score (nSPS) is 36.3. The van der Waals surface area contributed by atoms with Crippen molar-refractivity contribution in [3.05, 3.63) is 71.2 Å². The van der Waals surface area contributed by atoms with Gasteiger partial charge in [0.2, 0.25) is 0 Å². The van der Waals surface area contributed by atoms with Crippen LogP contribution in [0.4, 0.5) is 0 Å². The van der Waals surface area contributed by atoms with Gasteiger partial charge in [-0.05, 0) is 54.5 Å². The average molecular weight is 1090 g/mol. The molecule has 11 nitrogen and oxygen atoms in total. The molecule has 2 saturated carbocycles. The molecule has 2 bridgehead atoms. The second-order valence-electron chi connectivity index (χ2n) is 14.3. The molecule has 1 aliphatic heterocycles. The van der Waals surface area contributed by atoms with E-state index in [1.165, 1.54) is 18.4 Å². The van der Waals surface area contributed by atoms with Gasteiger partial charge in [0.15, 0.2) is 17.6 Å². The van der Waals surface area contributed by atoms with E-state index in [9.17, 15) is 34.8 Å². The van der Waals surface area contributed by atoms with E-state index in [0.717, 1.165) is 0 Å². The number of hydrogen-bond acceptors (Lipinski definition) is 10. The number of nitrogens with one attached hydrogen (secondary N) is 1. The van der Waals surface area contributed by atoms with Gasteiger partial charge < -0.3 is 39.6 Å². The van der Waals surface area contributed by atoms with E-state index in [2.05, 4.69) is 5.32 Å². The van der Waals surface area contributed by atoms with Crippen LogP contribution in [-0.2, 0) is 19.1 Å². The van der Waals surface area contributed by atoms with Gasteiger partial charge in [-0.25, -0.2) is 4.79 Å². The summed E-state index contributed by atoms with van der Waals surface area (Å²) in [5.41, 5.74) is -4.24. The predicted molar refractivity (Wildman–Crippen MR) is 163 cm³/mol. The Morgan fingerprint density at radius 2 is 1.73 bits per heavy atom. The Bertz CT molecular complexity index is 1560. The van der Waals surface area contributed by atoms with Crippen LogP contribution in [0.2, 0.25) is 0 Å². The van der Waals surface area contributed by atoms with Gasteiger partial charge in [-0.3, -0.25) is 9.59 Å². The number of aliphatic hydroxyl groups is 4. The monoisotopic (exact) mass is 1090 g/mol. The molecule has 5 N–H and O–H groups in total. The summed E-state index contributed by atoms with van der Waals surface area (Å²) in [6.45, 7) is 8.74. The average Bonchev–Trinajstić information content (AvgIpc) is 3.56. The number of amides is 1. The third-order valence-electron chi connectivity index (χ3n) is 11.7. The number of ether oxygens (including phenoxy) is 2. The third kappa shape index (κ3) is 6.22. The first-order valence-corrected chi connectivity index (χ1v) is 15.9. The number of aliphatic hydroxyl groups excluding tert-OH is 2. The summed E-state index contributed by atoms with van der Waals surface area (Å²) >= 11 is 0. The molecule has 13 heteroatoms. The molecule has 3 fully saturated rings. The van der Waals surface area contributed by atoms with Gasteiger partial charge in [0.25, 0.3) is 5.91 Å². The van der Waals surface area contributed by atoms with Gasteiger partial charge in [0.05, 0.1) is 30.6 Å². The first-order valence-electron chi connectivity index (χ1n) is 15.9. The minimum Gasteiger partial charge on any atom is -0.459 e. The van der Waals surface area contributed by atoms with Crippen molar-refractivity contribution in [3.8, 4) is 0 Å². The second kappa shape index (κ2) is 14.5. The van der Waals surface area contributed by atoms with Gasteiger partial charge in [0.1, 0.15) is 17.8 Å². The van der Waals surface area contributed by atoms with E-state index in [-0.39, 0.29) is 112 Å². The number of ketones is 1. The van der Waals surface area contributed by atoms with Crippen LogP contribution in [0.1, 0.15) is 76.0 Å². The van der Waals surface area contributed by atoms with Crippen LogP contribution in [0.25, 0.3) is 0 Å². The van der Waals surface area contributed by atoms with Crippen LogP contribution in [0.5, 0.6) is 0 Å². The number of carbonyl (C=O) groups excluding carboxylic acids is 3. The number of furan rings is 1. The summed E-state index contributed by atoms with van der Waals surface area (Å²) in [5.74, 6) is -3.63. The van der Waals surface area contributed by atoms with Gasteiger partial charge in [0, 0.05) is 111 Å². The van der Waals surface area contributed by atoms with Crippen molar-refractivity contribution in [2.45, 2.75) is 95.5 Å². The van der Waals surface area contributed by atoms with Crippen molar-refractivity contribution in [3.63, 3.8) is 0 Å². The zero-order chi connectivity index (χ0) is 33.4. The summed E-state index contributed by atoms with van der Waals surface area (Å²) in [6.07, 6.45) is -3.07. The smallest absolute Gasteiger partial charge is 0.338 e.